The second kappa shape index (κ2) is 7.40. The number of nitrogens with one attached hydrogen (secondary N) is 1. The number of rotatable bonds is 8. The van der Waals surface area contributed by atoms with Crippen molar-refractivity contribution in [2.45, 2.75) is 6.42 Å². The number of ether oxygens (including phenoxy) is 1. The summed E-state index contributed by atoms with van der Waals surface area (Å²) >= 11 is 0. The van der Waals surface area contributed by atoms with Crippen molar-refractivity contribution in [2.75, 3.05) is 25.1 Å². The Bertz CT molecular complexity index is 640. The lowest BCUT2D eigenvalue weighted by Crippen LogP contribution is -2.10. The molecular formula is C16H18N2O3. The van der Waals surface area contributed by atoms with Gasteiger partial charge in [-0.2, -0.15) is 0 Å². The van der Waals surface area contributed by atoms with E-state index < -0.39 is 5.97 Å². The number of carboxylic acids is 1. The number of carbonyl (C=O) groups is 1. The van der Waals surface area contributed by atoms with Crippen LogP contribution in [0.5, 0.6) is 0 Å². The van der Waals surface area contributed by atoms with E-state index in [1.165, 1.54) is 0 Å². The van der Waals surface area contributed by atoms with Gasteiger partial charge in [0.2, 0.25) is 0 Å². The molecule has 5 nitrogen and oxygen atoms in total. The third kappa shape index (κ3) is 4.03. The van der Waals surface area contributed by atoms with Crippen molar-refractivity contribution in [3.05, 3.63) is 48.6 Å². The van der Waals surface area contributed by atoms with E-state index in [0.717, 1.165) is 6.42 Å². The number of anilines is 1. The molecule has 0 saturated carbocycles. The van der Waals surface area contributed by atoms with Crippen LogP contribution in [0.15, 0.2) is 43.0 Å². The summed E-state index contributed by atoms with van der Waals surface area (Å²) in [5.74, 6) is -0.240. The Morgan fingerprint density at radius 2 is 2.19 bits per heavy atom. The molecule has 2 aromatic rings. The molecule has 0 saturated heterocycles. The molecule has 1 aromatic carbocycles. The van der Waals surface area contributed by atoms with Crippen molar-refractivity contribution in [1.29, 1.82) is 0 Å². The zero-order valence-electron chi connectivity index (χ0n) is 11.7. The highest BCUT2D eigenvalue weighted by Gasteiger charge is 2.08. The lowest BCUT2D eigenvalue weighted by Gasteiger charge is -2.08. The summed E-state index contributed by atoms with van der Waals surface area (Å²) in [6, 6.07) is 8.62. The Morgan fingerprint density at radius 1 is 1.33 bits per heavy atom. The van der Waals surface area contributed by atoms with Crippen molar-refractivity contribution < 1.29 is 14.6 Å². The van der Waals surface area contributed by atoms with Crippen LogP contribution in [0.3, 0.4) is 0 Å². The minimum Gasteiger partial charge on any atom is -0.478 e. The van der Waals surface area contributed by atoms with Gasteiger partial charge in [-0.3, -0.25) is 0 Å². The third-order valence-corrected chi connectivity index (χ3v) is 2.98. The van der Waals surface area contributed by atoms with Gasteiger partial charge in [0, 0.05) is 11.9 Å². The molecule has 0 spiro atoms. The molecule has 21 heavy (non-hydrogen) atoms. The van der Waals surface area contributed by atoms with E-state index in [0.29, 0.717) is 36.5 Å². The largest absolute Gasteiger partial charge is 0.478 e. The molecule has 1 heterocycles. The van der Waals surface area contributed by atoms with E-state index in [9.17, 15) is 4.79 Å². The smallest absolute Gasteiger partial charge is 0.336 e. The van der Waals surface area contributed by atoms with Crippen LogP contribution in [-0.2, 0) is 4.74 Å². The van der Waals surface area contributed by atoms with Crippen LogP contribution < -0.4 is 5.32 Å². The summed E-state index contributed by atoms with van der Waals surface area (Å²) < 4.78 is 5.39. The predicted molar refractivity (Wildman–Crippen MR) is 82.8 cm³/mol. The molecule has 0 atom stereocenters. The summed E-state index contributed by atoms with van der Waals surface area (Å²) in [4.78, 5) is 15.5. The molecule has 0 aliphatic heterocycles. The number of nitrogens with zero attached hydrogens (tertiary/aromatic N) is 1. The van der Waals surface area contributed by atoms with Gasteiger partial charge in [0.25, 0.3) is 0 Å². The number of carboxylic acid groups (broad SMARTS) is 1. The molecule has 2 N–H and O–H groups in total. The first-order valence-electron chi connectivity index (χ1n) is 6.78. The average molecular weight is 286 g/mol. The Morgan fingerprint density at radius 3 is 2.95 bits per heavy atom. The molecule has 0 amide bonds. The maximum absolute atomic E-state index is 11.1. The van der Waals surface area contributed by atoms with Crippen molar-refractivity contribution in [3.8, 4) is 0 Å². The summed E-state index contributed by atoms with van der Waals surface area (Å²) in [5.41, 5.74) is 0.923. The van der Waals surface area contributed by atoms with Gasteiger partial charge in [-0.15, -0.1) is 6.58 Å². The number of benzene rings is 1. The summed E-state index contributed by atoms with van der Waals surface area (Å²) in [6.45, 7) is 5.53. The molecular weight excluding hydrogens is 268 g/mol. The van der Waals surface area contributed by atoms with Gasteiger partial charge in [-0.05, 0) is 30.7 Å². The SMILES string of the molecule is C=CCCOCCNc1ccc2c(C(=O)O)cccc2n1. The van der Waals surface area contributed by atoms with Crippen LogP contribution in [0.25, 0.3) is 10.9 Å². The Labute approximate surface area is 123 Å². The van der Waals surface area contributed by atoms with Crippen molar-refractivity contribution in [3.63, 3.8) is 0 Å². The number of hydrogen-bond acceptors (Lipinski definition) is 4. The highest BCUT2D eigenvalue weighted by molar-refractivity contribution is 6.02. The first-order chi connectivity index (χ1) is 10.2. The van der Waals surface area contributed by atoms with Crippen LogP contribution in [0.4, 0.5) is 5.82 Å². The molecule has 0 aliphatic carbocycles. The summed E-state index contributed by atoms with van der Waals surface area (Å²) in [6.07, 6.45) is 2.66. The van der Waals surface area contributed by atoms with Gasteiger partial charge in [0.1, 0.15) is 5.82 Å². The van der Waals surface area contributed by atoms with Gasteiger partial charge in [-0.25, -0.2) is 9.78 Å². The predicted octanol–water partition coefficient (Wildman–Crippen LogP) is 2.94. The quantitative estimate of drug-likeness (QED) is 0.576. The van der Waals surface area contributed by atoms with Crippen LogP contribution in [0.2, 0.25) is 0 Å². The molecule has 1 aromatic heterocycles. The van der Waals surface area contributed by atoms with Crippen molar-refractivity contribution in [2.24, 2.45) is 0 Å². The molecule has 110 valence electrons. The highest BCUT2D eigenvalue weighted by Crippen LogP contribution is 2.19. The maximum atomic E-state index is 11.1. The molecule has 0 fully saturated rings. The number of aromatic carboxylic acids is 1. The Balaban J connectivity index is 1.99. The van der Waals surface area contributed by atoms with E-state index in [-0.39, 0.29) is 5.56 Å². The molecule has 5 heteroatoms. The van der Waals surface area contributed by atoms with E-state index in [2.05, 4.69) is 16.9 Å². The third-order valence-electron chi connectivity index (χ3n) is 2.98. The van der Waals surface area contributed by atoms with E-state index in [1.807, 2.05) is 6.08 Å². The fraction of sp³-hybridized carbons (Fsp3) is 0.250. The van der Waals surface area contributed by atoms with Gasteiger partial charge in [0.05, 0.1) is 24.3 Å². The van der Waals surface area contributed by atoms with E-state index in [1.54, 1.807) is 30.3 Å². The molecule has 0 radical (unpaired) electrons. The zero-order valence-corrected chi connectivity index (χ0v) is 11.7. The number of hydrogen-bond donors (Lipinski definition) is 2. The van der Waals surface area contributed by atoms with Gasteiger partial charge in [0.15, 0.2) is 0 Å². The fourth-order valence-corrected chi connectivity index (χ4v) is 1.96. The monoisotopic (exact) mass is 286 g/mol. The standard InChI is InChI=1S/C16H18N2O3/c1-2-3-10-21-11-9-17-15-8-7-12-13(16(19)20)5-4-6-14(12)18-15/h2,4-8H,1,3,9-11H2,(H,17,18)(H,19,20). The molecule has 2 rings (SSSR count). The first kappa shape index (κ1) is 15.0. The molecule has 0 unspecified atom stereocenters. The van der Waals surface area contributed by atoms with Gasteiger partial charge < -0.3 is 15.2 Å². The summed E-state index contributed by atoms with van der Waals surface area (Å²) in [7, 11) is 0. The Hall–Kier alpha value is -2.40. The van der Waals surface area contributed by atoms with Crippen LogP contribution >= 0.6 is 0 Å². The fourth-order valence-electron chi connectivity index (χ4n) is 1.96. The number of pyridine rings is 1. The van der Waals surface area contributed by atoms with Crippen LogP contribution in [-0.4, -0.2) is 35.8 Å². The lowest BCUT2D eigenvalue weighted by molar-refractivity contribution is 0.0699. The normalized spacial score (nSPS) is 10.5. The average Bonchev–Trinajstić information content (AvgIpc) is 2.49. The van der Waals surface area contributed by atoms with Crippen LogP contribution in [0.1, 0.15) is 16.8 Å². The van der Waals surface area contributed by atoms with Gasteiger partial charge in [-0.1, -0.05) is 12.1 Å². The maximum Gasteiger partial charge on any atom is 0.336 e. The van der Waals surface area contributed by atoms with Gasteiger partial charge >= 0.3 is 5.97 Å². The van der Waals surface area contributed by atoms with Crippen molar-refractivity contribution >= 4 is 22.7 Å². The summed E-state index contributed by atoms with van der Waals surface area (Å²) in [5, 5.41) is 12.9. The minimum atomic E-state index is -0.946. The van der Waals surface area contributed by atoms with Crippen molar-refractivity contribution in [1.82, 2.24) is 4.98 Å². The zero-order chi connectivity index (χ0) is 15.1. The second-order valence-electron chi connectivity index (χ2n) is 4.49. The lowest BCUT2D eigenvalue weighted by atomic mass is 10.1. The topological polar surface area (TPSA) is 71.5 Å². The van der Waals surface area contributed by atoms with Crippen LogP contribution in [0, 0.1) is 0 Å². The highest BCUT2D eigenvalue weighted by atomic mass is 16.5. The van der Waals surface area contributed by atoms with E-state index >= 15 is 0 Å². The number of aromatic nitrogens is 1. The molecule has 0 aliphatic rings. The Kier molecular flexibility index (Phi) is 5.29. The number of fused-ring (bicyclic) bond motifs is 1. The molecule has 0 bridgehead atoms. The van der Waals surface area contributed by atoms with E-state index in [4.69, 9.17) is 9.84 Å². The minimum absolute atomic E-state index is 0.263. The second-order valence-corrected chi connectivity index (χ2v) is 4.49. The first-order valence-corrected chi connectivity index (χ1v) is 6.78.